The van der Waals surface area contributed by atoms with Gasteiger partial charge in [0.1, 0.15) is 0 Å². The van der Waals surface area contributed by atoms with Crippen LogP contribution < -0.4 is 16.0 Å². The average Bonchev–Trinajstić information content (AvgIpc) is 2.54. The van der Waals surface area contributed by atoms with Crippen LogP contribution in [0.1, 0.15) is 39.2 Å². The van der Waals surface area contributed by atoms with Crippen molar-refractivity contribution in [1.29, 1.82) is 0 Å². The number of halogens is 1. The number of carbonyl (C=O) groups is 2. The fraction of sp³-hybridized carbons (Fsp3) is 0.556. The van der Waals surface area contributed by atoms with Gasteiger partial charge in [0, 0.05) is 24.7 Å². The topological polar surface area (TPSA) is 70.2 Å². The van der Waals surface area contributed by atoms with E-state index in [1.807, 2.05) is 45.0 Å². The summed E-state index contributed by atoms with van der Waals surface area (Å²) in [6.45, 7) is 7.97. The first-order valence-electron chi connectivity index (χ1n) is 8.29. The van der Waals surface area contributed by atoms with E-state index in [4.69, 9.17) is 0 Å². The molecule has 0 radical (unpaired) electrons. The van der Waals surface area contributed by atoms with Gasteiger partial charge in [-0.25, -0.2) is 0 Å². The molecule has 1 aliphatic heterocycles. The number of hydrogen-bond donors (Lipinski definition) is 3. The number of anilines is 1. The predicted octanol–water partition coefficient (Wildman–Crippen LogP) is 2.71. The van der Waals surface area contributed by atoms with Gasteiger partial charge in [-0.1, -0.05) is 26.0 Å². The summed E-state index contributed by atoms with van der Waals surface area (Å²) >= 11 is 0. The van der Waals surface area contributed by atoms with Crippen LogP contribution >= 0.6 is 12.4 Å². The fourth-order valence-corrected chi connectivity index (χ4v) is 2.64. The first-order chi connectivity index (χ1) is 10.9. The molecule has 5 nitrogen and oxygen atoms in total. The van der Waals surface area contributed by atoms with Gasteiger partial charge >= 0.3 is 0 Å². The second-order valence-corrected chi connectivity index (χ2v) is 6.86. The van der Waals surface area contributed by atoms with E-state index in [1.54, 1.807) is 0 Å². The van der Waals surface area contributed by atoms with Crippen LogP contribution in [0.25, 0.3) is 0 Å². The molecule has 1 aromatic rings. The molecule has 3 N–H and O–H groups in total. The number of amides is 2. The Kier molecular flexibility index (Phi) is 7.70. The zero-order valence-corrected chi connectivity index (χ0v) is 15.5. The number of benzene rings is 1. The van der Waals surface area contributed by atoms with E-state index in [-0.39, 0.29) is 35.6 Å². The van der Waals surface area contributed by atoms with Gasteiger partial charge in [0.25, 0.3) is 0 Å². The van der Waals surface area contributed by atoms with Crippen LogP contribution in [-0.4, -0.2) is 24.9 Å². The molecule has 0 spiro atoms. The molecule has 24 heavy (non-hydrogen) atoms. The van der Waals surface area contributed by atoms with Gasteiger partial charge < -0.3 is 16.0 Å². The lowest BCUT2D eigenvalue weighted by molar-refractivity contribution is -0.131. The Morgan fingerprint density at radius 1 is 1.25 bits per heavy atom. The van der Waals surface area contributed by atoms with E-state index in [2.05, 4.69) is 16.0 Å². The normalized spacial score (nSPS) is 20.2. The lowest BCUT2D eigenvalue weighted by atomic mass is 9.82. The first-order valence-corrected chi connectivity index (χ1v) is 8.29. The third-order valence-corrected chi connectivity index (χ3v) is 4.34. The molecular formula is C18H28ClN3O2. The van der Waals surface area contributed by atoms with E-state index < -0.39 is 0 Å². The van der Waals surface area contributed by atoms with Gasteiger partial charge in [-0.3, -0.25) is 9.59 Å². The maximum absolute atomic E-state index is 12.4. The Morgan fingerprint density at radius 2 is 1.92 bits per heavy atom. The van der Waals surface area contributed by atoms with Crippen molar-refractivity contribution in [3.63, 3.8) is 0 Å². The van der Waals surface area contributed by atoms with E-state index in [0.29, 0.717) is 6.54 Å². The maximum Gasteiger partial charge on any atom is 0.227 e. The number of rotatable bonds is 5. The second kappa shape index (κ2) is 9.04. The lowest BCUT2D eigenvalue weighted by Gasteiger charge is -2.32. The molecule has 1 aromatic carbocycles. The van der Waals surface area contributed by atoms with Crippen molar-refractivity contribution < 1.29 is 9.59 Å². The van der Waals surface area contributed by atoms with Crippen molar-refractivity contribution in [2.75, 3.05) is 18.4 Å². The molecule has 1 unspecified atom stereocenters. The fourth-order valence-electron chi connectivity index (χ4n) is 2.64. The van der Waals surface area contributed by atoms with E-state index in [0.717, 1.165) is 37.2 Å². The number of nitrogens with one attached hydrogen (secondary N) is 3. The Balaban J connectivity index is 0.00000288. The molecule has 1 heterocycles. The monoisotopic (exact) mass is 353 g/mol. The molecule has 2 amide bonds. The Hall–Kier alpha value is -1.59. The molecule has 6 heteroatoms. The summed E-state index contributed by atoms with van der Waals surface area (Å²) < 4.78 is 0. The molecule has 0 aliphatic carbocycles. The van der Waals surface area contributed by atoms with Crippen LogP contribution in [0.15, 0.2) is 24.3 Å². The summed E-state index contributed by atoms with van der Waals surface area (Å²) in [5.41, 5.74) is 1.49. The van der Waals surface area contributed by atoms with Crippen molar-refractivity contribution >= 4 is 29.9 Å². The summed E-state index contributed by atoms with van der Waals surface area (Å²) in [7, 11) is 0. The van der Waals surface area contributed by atoms with Gasteiger partial charge in [-0.15, -0.1) is 12.4 Å². The first kappa shape index (κ1) is 20.5. The van der Waals surface area contributed by atoms with E-state index in [1.165, 1.54) is 0 Å². The zero-order valence-electron chi connectivity index (χ0n) is 14.6. The summed E-state index contributed by atoms with van der Waals surface area (Å²) in [6.07, 6.45) is 1.96. The van der Waals surface area contributed by atoms with Crippen molar-refractivity contribution in [3.05, 3.63) is 29.8 Å². The van der Waals surface area contributed by atoms with Crippen LogP contribution in [0.2, 0.25) is 0 Å². The highest BCUT2D eigenvalue weighted by Crippen LogP contribution is 2.25. The van der Waals surface area contributed by atoms with Gasteiger partial charge in [0.05, 0.1) is 5.41 Å². The quantitative estimate of drug-likeness (QED) is 0.762. The van der Waals surface area contributed by atoms with Gasteiger partial charge in [0.2, 0.25) is 11.8 Å². The van der Waals surface area contributed by atoms with E-state index in [9.17, 15) is 9.59 Å². The Bertz CT molecular complexity index is 552. The molecule has 1 saturated heterocycles. The zero-order chi connectivity index (χ0) is 16.9. The SMILES string of the molecule is CC(C)C(=O)Nc1ccc(CNC(=O)C2(C)CCCNC2)cc1.Cl. The number of hydrogen-bond acceptors (Lipinski definition) is 3. The molecule has 0 bridgehead atoms. The summed E-state index contributed by atoms with van der Waals surface area (Å²) in [4.78, 5) is 24.0. The van der Waals surface area contributed by atoms with Crippen molar-refractivity contribution in [3.8, 4) is 0 Å². The smallest absolute Gasteiger partial charge is 0.227 e. The second-order valence-electron chi connectivity index (χ2n) is 6.86. The van der Waals surface area contributed by atoms with E-state index >= 15 is 0 Å². The minimum absolute atomic E-state index is 0. The highest BCUT2D eigenvalue weighted by atomic mass is 35.5. The van der Waals surface area contributed by atoms with Crippen LogP contribution in [0.3, 0.4) is 0 Å². The Morgan fingerprint density at radius 3 is 2.46 bits per heavy atom. The lowest BCUT2D eigenvalue weighted by Crippen LogP contribution is -2.48. The number of carbonyl (C=O) groups excluding carboxylic acids is 2. The molecule has 0 saturated carbocycles. The molecule has 1 aliphatic rings. The van der Waals surface area contributed by atoms with Crippen LogP contribution in [0, 0.1) is 11.3 Å². The molecule has 2 rings (SSSR count). The molecule has 1 atom stereocenters. The highest BCUT2D eigenvalue weighted by molar-refractivity contribution is 5.92. The Labute approximate surface area is 150 Å². The van der Waals surface area contributed by atoms with Crippen molar-refractivity contribution in [2.45, 2.75) is 40.2 Å². The van der Waals surface area contributed by atoms with Crippen molar-refractivity contribution in [2.24, 2.45) is 11.3 Å². The maximum atomic E-state index is 12.4. The predicted molar refractivity (Wildman–Crippen MR) is 99.2 cm³/mol. The minimum Gasteiger partial charge on any atom is -0.352 e. The van der Waals surface area contributed by atoms with Crippen LogP contribution in [0.4, 0.5) is 5.69 Å². The standard InChI is InChI=1S/C18H27N3O2.ClH/c1-13(2)16(22)21-15-7-5-14(6-8-15)11-20-17(23)18(3)9-4-10-19-12-18;/h5-8,13,19H,4,9-12H2,1-3H3,(H,20,23)(H,21,22);1H. The highest BCUT2D eigenvalue weighted by Gasteiger charge is 2.34. The average molecular weight is 354 g/mol. The molecular weight excluding hydrogens is 326 g/mol. The van der Waals surface area contributed by atoms with Gasteiger partial charge in [-0.05, 0) is 44.0 Å². The van der Waals surface area contributed by atoms with Gasteiger partial charge in [-0.2, -0.15) is 0 Å². The molecule has 134 valence electrons. The third kappa shape index (κ3) is 5.49. The van der Waals surface area contributed by atoms with Gasteiger partial charge in [0.15, 0.2) is 0 Å². The number of piperidine rings is 1. The summed E-state index contributed by atoms with van der Waals surface area (Å²) in [6, 6.07) is 7.59. The molecule has 1 fully saturated rings. The van der Waals surface area contributed by atoms with Crippen LogP contribution in [-0.2, 0) is 16.1 Å². The third-order valence-electron chi connectivity index (χ3n) is 4.34. The largest absolute Gasteiger partial charge is 0.352 e. The summed E-state index contributed by atoms with van der Waals surface area (Å²) in [5, 5.41) is 9.17. The minimum atomic E-state index is -0.316. The summed E-state index contributed by atoms with van der Waals surface area (Å²) in [5.74, 6) is 0.0597. The molecule has 0 aromatic heterocycles. The van der Waals surface area contributed by atoms with Crippen LogP contribution in [0.5, 0.6) is 0 Å². The van der Waals surface area contributed by atoms with Crippen molar-refractivity contribution in [1.82, 2.24) is 10.6 Å².